The zero-order valence-corrected chi connectivity index (χ0v) is 11.7. The van der Waals surface area contributed by atoms with Crippen molar-refractivity contribution in [3.05, 3.63) is 20.8 Å². The van der Waals surface area contributed by atoms with Crippen LogP contribution in [0.4, 0.5) is 11.5 Å². The number of aromatic nitrogens is 2. The van der Waals surface area contributed by atoms with E-state index in [1.807, 2.05) is 6.92 Å². The highest BCUT2D eigenvalue weighted by atomic mass is 16.5. The Hall–Kier alpha value is -2.25. The SMILES string of the molecule is CCCCn1c(N)c(NCC(=O)OCC)c(=O)[nH]c1=O. The number of aromatic amines is 1. The maximum absolute atomic E-state index is 11.7. The van der Waals surface area contributed by atoms with Crippen LogP contribution in [0.1, 0.15) is 26.7 Å². The summed E-state index contributed by atoms with van der Waals surface area (Å²) in [7, 11) is 0. The van der Waals surface area contributed by atoms with Gasteiger partial charge in [0.2, 0.25) is 0 Å². The number of H-pyrrole nitrogens is 1. The molecular formula is C12H20N4O4. The fraction of sp³-hybridized carbons (Fsp3) is 0.583. The van der Waals surface area contributed by atoms with Crippen molar-refractivity contribution in [1.82, 2.24) is 9.55 Å². The number of nitrogens with zero attached hydrogens (tertiary/aromatic N) is 1. The van der Waals surface area contributed by atoms with Crippen molar-refractivity contribution < 1.29 is 9.53 Å². The van der Waals surface area contributed by atoms with Crippen LogP contribution in [0.15, 0.2) is 9.59 Å². The second-order valence-electron chi connectivity index (χ2n) is 4.18. The minimum atomic E-state index is -0.649. The van der Waals surface area contributed by atoms with Gasteiger partial charge in [-0.2, -0.15) is 0 Å². The molecule has 0 aliphatic heterocycles. The van der Waals surface area contributed by atoms with E-state index in [4.69, 9.17) is 10.5 Å². The van der Waals surface area contributed by atoms with Gasteiger partial charge in [0.05, 0.1) is 6.61 Å². The highest BCUT2D eigenvalue weighted by Gasteiger charge is 2.13. The summed E-state index contributed by atoms with van der Waals surface area (Å²) < 4.78 is 6.02. The molecule has 0 aliphatic carbocycles. The number of esters is 1. The van der Waals surface area contributed by atoms with Gasteiger partial charge in [-0.3, -0.25) is 19.1 Å². The molecule has 1 aromatic rings. The van der Waals surface area contributed by atoms with E-state index >= 15 is 0 Å². The summed E-state index contributed by atoms with van der Waals surface area (Å²) in [5, 5.41) is 2.61. The predicted octanol–water partition coefficient (Wildman–Crippen LogP) is -0.106. The van der Waals surface area contributed by atoms with Crippen LogP contribution < -0.4 is 22.3 Å². The van der Waals surface area contributed by atoms with Gasteiger partial charge in [-0.25, -0.2) is 4.79 Å². The molecule has 0 amide bonds. The average Bonchev–Trinajstić information content (AvgIpc) is 2.38. The van der Waals surface area contributed by atoms with Gasteiger partial charge in [0.15, 0.2) is 0 Å². The number of hydrogen-bond acceptors (Lipinski definition) is 6. The lowest BCUT2D eigenvalue weighted by Crippen LogP contribution is -2.35. The highest BCUT2D eigenvalue weighted by Crippen LogP contribution is 2.10. The van der Waals surface area contributed by atoms with Crippen molar-refractivity contribution in [3.8, 4) is 0 Å². The van der Waals surface area contributed by atoms with Crippen molar-refractivity contribution in [1.29, 1.82) is 0 Å². The first-order valence-electron chi connectivity index (χ1n) is 6.53. The molecule has 112 valence electrons. The van der Waals surface area contributed by atoms with Gasteiger partial charge in [-0.1, -0.05) is 13.3 Å². The number of ether oxygens (including phenoxy) is 1. The van der Waals surface area contributed by atoms with Crippen molar-refractivity contribution >= 4 is 17.5 Å². The number of unbranched alkanes of at least 4 members (excludes halogenated alkanes) is 1. The Kier molecular flexibility index (Phi) is 5.82. The molecule has 1 heterocycles. The third kappa shape index (κ3) is 3.87. The van der Waals surface area contributed by atoms with E-state index in [1.54, 1.807) is 6.92 Å². The molecule has 0 aliphatic rings. The van der Waals surface area contributed by atoms with Crippen molar-refractivity contribution in [2.45, 2.75) is 33.2 Å². The number of nitrogens with two attached hydrogens (primary N) is 1. The van der Waals surface area contributed by atoms with Crippen molar-refractivity contribution in [3.63, 3.8) is 0 Å². The quantitative estimate of drug-likeness (QED) is 0.601. The van der Waals surface area contributed by atoms with Crippen LogP contribution in [0.3, 0.4) is 0 Å². The van der Waals surface area contributed by atoms with Crippen LogP contribution in [0, 0.1) is 0 Å². The minimum Gasteiger partial charge on any atom is -0.465 e. The standard InChI is InChI=1S/C12H20N4O4/c1-3-5-6-16-10(13)9(11(18)15-12(16)19)14-7-8(17)20-4-2/h14H,3-7,13H2,1-2H3,(H,15,18,19). The second kappa shape index (κ2) is 7.37. The number of nitrogens with one attached hydrogen (secondary N) is 2. The Morgan fingerprint density at radius 3 is 2.70 bits per heavy atom. The molecule has 1 rings (SSSR count). The summed E-state index contributed by atoms with van der Waals surface area (Å²) >= 11 is 0. The van der Waals surface area contributed by atoms with E-state index in [0.717, 1.165) is 12.8 Å². The van der Waals surface area contributed by atoms with Gasteiger partial charge in [-0.15, -0.1) is 0 Å². The first-order valence-corrected chi connectivity index (χ1v) is 6.53. The second-order valence-corrected chi connectivity index (χ2v) is 4.18. The van der Waals surface area contributed by atoms with Gasteiger partial charge in [0, 0.05) is 6.54 Å². The maximum atomic E-state index is 11.7. The third-order valence-corrected chi connectivity index (χ3v) is 2.69. The molecule has 0 aromatic carbocycles. The Bertz CT molecular complexity index is 576. The van der Waals surface area contributed by atoms with Gasteiger partial charge >= 0.3 is 11.7 Å². The van der Waals surface area contributed by atoms with Crippen LogP contribution in [0.5, 0.6) is 0 Å². The summed E-state index contributed by atoms with van der Waals surface area (Å²) in [5.41, 5.74) is 4.62. The molecule has 0 unspecified atom stereocenters. The Balaban J connectivity index is 2.98. The minimum absolute atomic E-state index is 0.00811. The number of rotatable bonds is 7. The number of nitrogen functional groups attached to an aromatic ring is 1. The van der Waals surface area contributed by atoms with Gasteiger partial charge in [0.1, 0.15) is 18.1 Å². The van der Waals surface area contributed by atoms with E-state index < -0.39 is 17.2 Å². The fourth-order valence-electron chi connectivity index (χ4n) is 1.67. The van der Waals surface area contributed by atoms with Crippen LogP contribution in [0.2, 0.25) is 0 Å². The lowest BCUT2D eigenvalue weighted by Gasteiger charge is -2.13. The number of hydrogen-bond donors (Lipinski definition) is 3. The molecule has 1 aromatic heterocycles. The topological polar surface area (TPSA) is 119 Å². The van der Waals surface area contributed by atoms with Crippen molar-refractivity contribution in [2.75, 3.05) is 24.2 Å². The molecule has 8 heteroatoms. The van der Waals surface area contributed by atoms with Crippen molar-refractivity contribution in [2.24, 2.45) is 0 Å². The number of anilines is 2. The van der Waals surface area contributed by atoms with E-state index in [-0.39, 0.29) is 24.7 Å². The van der Waals surface area contributed by atoms with Crippen LogP contribution in [-0.2, 0) is 16.1 Å². The van der Waals surface area contributed by atoms with E-state index in [1.165, 1.54) is 4.57 Å². The highest BCUT2D eigenvalue weighted by molar-refractivity contribution is 5.76. The summed E-state index contributed by atoms with van der Waals surface area (Å²) in [4.78, 5) is 36.8. The zero-order valence-electron chi connectivity index (χ0n) is 11.7. The van der Waals surface area contributed by atoms with Gasteiger partial charge < -0.3 is 15.8 Å². The van der Waals surface area contributed by atoms with Gasteiger partial charge in [0.25, 0.3) is 5.56 Å². The van der Waals surface area contributed by atoms with Crippen LogP contribution in [0.25, 0.3) is 0 Å². The number of carbonyl (C=O) groups is 1. The zero-order chi connectivity index (χ0) is 15.1. The summed E-state index contributed by atoms with van der Waals surface area (Å²) in [6, 6.07) is 0. The van der Waals surface area contributed by atoms with E-state index in [0.29, 0.717) is 6.54 Å². The lowest BCUT2D eigenvalue weighted by molar-refractivity contribution is -0.140. The molecule has 20 heavy (non-hydrogen) atoms. The first-order chi connectivity index (χ1) is 9.51. The number of carbonyl (C=O) groups excluding carboxylic acids is 1. The fourth-order valence-corrected chi connectivity index (χ4v) is 1.67. The summed E-state index contributed by atoms with van der Waals surface area (Å²) in [6.07, 6.45) is 1.64. The molecular weight excluding hydrogens is 264 g/mol. The lowest BCUT2D eigenvalue weighted by atomic mass is 10.3. The Morgan fingerprint density at radius 1 is 1.40 bits per heavy atom. The molecule has 0 bridgehead atoms. The van der Waals surface area contributed by atoms with E-state index in [2.05, 4.69) is 10.3 Å². The first kappa shape index (κ1) is 15.8. The largest absolute Gasteiger partial charge is 0.465 e. The molecule has 0 atom stereocenters. The molecule has 0 saturated carbocycles. The smallest absolute Gasteiger partial charge is 0.330 e. The molecule has 8 nitrogen and oxygen atoms in total. The molecule has 0 fully saturated rings. The Labute approximate surface area is 115 Å². The summed E-state index contributed by atoms with van der Waals surface area (Å²) in [5.74, 6) is -0.478. The van der Waals surface area contributed by atoms with Crippen LogP contribution >= 0.6 is 0 Å². The van der Waals surface area contributed by atoms with Gasteiger partial charge in [-0.05, 0) is 13.3 Å². The molecule has 0 saturated heterocycles. The maximum Gasteiger partial charge on any atom is 0.330 e. The van der Waals surface area contributed by atoms with Crippen LogP contribution in [-0.4, -0.2) is 28.7 Å². The molecule has 4 N–H and O–H groups in total. The molecule has 0 radical (unpaired) electrons. The third-order valence-electron chi connectivity index (χ3n) is 2.69. The predicted molar refractivity (Wildman–Crippen MR) is 75.8 cm³/mol. The monoisotopic (exact) mass is 284 g/mol. The molecule has 0 spiro atoms. The summed E-state index contributed by atoms with van der Waals surface area (Å²) in [6.45, 7) is 4.14. The van der Waals surface area contributed by atoms with E-state index in [9.17, 15) is 14.4 Å². The normalized spacial score (nSPS) is 10.3. The Morgan fingerprint density at radius 2 is 2.10 bits per heavy atom. The average molecular weight is 284 g/mol.